The highest BCUT2D eigenvalue weighted by molar-refractivity contribution is 7.98. The summed E-state index contributed by atoms with van der Waals surface area (Å²) < 4.78 is 14.5. The molecule has 0 spiro atoms. The number of hydrogen-bond acceptors (Lipinski definition) is 5. The number of rotatable bonds is 4. The zero-order valence-corrected chi connectivity index (χ0v) is 15.5. The van der Waals surface area contributed by atoms with Gasteiger partial charge in [-0.05, 0) is 42.7 Å². The fourth-order valence-corrected chi connectivity index (χ4v) is 3.27. The zero-order valence-electron chi connectivity index (χ0n) is 14.6. The van der Waals surface area contributed by atoms with Crippen molar-refractivity contribution in [3.05, 3.63) is 70.5 Å². The standard InChI is InChI=1S/C19H14FN5O2S/c1-28-13-8-2-10(3-9-13)17-22-14(16(21)26)15-18(24-17)25(19(27)23-15)12-6-4-11(20)5-7-12/h2-9H,1H3,(H2,21,26)(H,23,27). The smallest absolute Gasteiger partial charge is 0.332 e. The summed E-state index contributed by atoms with van der Waals surface area (Å²) in [4.78, 5) is 36.8. The number of primary amides is 1. The van der Waals surface area contributed by atoms with Crippen molar-refractivity contribution in [2.45, 2.75) is 4.90 Å². The highest BCUT2D eigenvalue weighted by atomic mass is 32.2. The third-order valence-corrected chi connectivity index (χ3v) is 4.95. The summed E-state index contributed by atoms with van der Waals surface area (Å²) in [5.74, 6) is -0.968. The van der Waals surface area contributed by atoms with Gasteiger partial charge in [0.05, 0.1) is 5.69 Å². The Balaban J connectivity index is 2.00. The molecule has 2 aromatic carbocycles. The number of aromatic amines is 1. The van der Waals surface area contributed by atoms with Gasteiger partial charge in [0.1, 0.15) is 11.3 Å². The predicted molar refractivity (Wildman–Crippen MR) is 105 cm³/mol. The molecule has 0 aliphatic carbocycles. The van der Waals surface area contributed by atoms with E-state index in [9.17, 15) is 14.0 Å². The molecule has 1 amide bonds. The number of hydrogen-bond donors (Lipinski definition) is 2. The van der Waals surface area contributed by atoms with E-state index in [-0.39, 0.29) is 22.7 Å². The van der Waals surface area contributed by atoms with Crippen LogP contribution in [0.5, 0.6) is 0 Å². The Morgan fingerprint density at radius 1 is 1.11 bits per heavy atom. The summed E-state index contributed by atoms with van der Waals surface area (Å²) in [5, 5.41) is 0. The lowest BCUT2D eigenvalue weighted by Crippen LogP contribution is -2.15. The number of carbonyl (C=O) groups is 1. The number of benzene rings is 2. The van der Waals surface area contributed by atoms with Crippen LogP contribution in [0, 0.1) is 5.82 Å². The molecular weight excluding hydrogens is 381 g/mol. The van der Waals surface area contributed by atoms with Crippen LogP contribution >= 0.6 is 11.8 Å². The minimum Gasteiger partial charge on any atom is -0.364 e. The van der Waals surface area contributed by atoms with Crippen LogP contribution in [0.15, 0.2) is 58.2 Å². The van der Waals surface area contributed by atoms with Gasteiger partial charge in [0.2, 0.25) is 0 Å². The van der Waals surface area contributed by atoms with Crippen LogP contribution in [0.3, 0.4) is 0 Å². The number of nitrogens with two attached hydrogens (primary N) is 1. The van der Waals surface area contributed by atoms with Crippen molar-refractivity contribution in [2.75, 3.05) is 6.26 Å². The lowest BCUT2D eigenvalue weighted by molar-refractivity contribution is 0.0997. The largest absolute Gasteiger partial charge is 0.364 e. The van der Waals surface area contributed by atoms with Crippen molar-refractivity contribution >= 4 is 28.8 Å². The fraction of sp³-hybridized carbons (Fsp3) is 0.0526. The quantitative estimate of drug-likeness (QED) is 0.517. The molecular formula is C19H14FN5O2S. The van der Waals surface area contributed by atoms with Crippen molar-refractivity contribution in [3.63, 3.8) is 0 Å². The summed E-state index contributed by atoms with van der Waals surface area (Å²) in [6, 6.07) is 12.8. The molecule has 0 bridgehead atoms. The molecule has 9 heteroatoms. The molecule has 0 saturated heterocycles. The van der Waals surface area contributed by atoms with E-state index >= 15 is 0 Å². The molecule has 0 fully saturated rings. The molecule has 0 unspecified atom stereocenters. The maximum Gasteiger partial charge on any atom is 0.332 e. The van der Waals surface area contributed by atoms with Gasteiger partial charge in [-0.1, -0.05) is 12.1 Å². The Morgan fingerprint density at radius 2 is 1.79 bits per heavy atom. The molecule has 7 nitrogen and oxygen atoms in total. The topological polar surface area (TPSA) is 107 Å². The van der Waals surface area contributed by atoms with Crippen LogP contribution in [-0.4, -0.2) is 31.7 Å². The van der Waals surface area contributed by atoms with E-state index in [0.717, 1.165) is 4.90 Å². The monoisotopic (exact) mass is 395 g/mol. The molecule has 0 saturated carbocycles. The third-order valence-electron chi connectivity index (χ3n) is 4.20. The van der Waals surface area contributed by atoms with Gasteiger partial charge < -0.3 is 10.7 Å². The molecule has 0 atom stereocenters. The highest BCUT2D eigenvalue weighted by Crippen LogP contribution is 2.24. The molecule has 2 heterocycles. The number of thioether (sulfide) groups is 1. The molecule has 4 rings (SSSR count). The van der Waals surface area contributed by atoms with Gasteiger partial charge in [-0.15, -0.1) is 11.8 Å². The maximum absolute atomic E-state index is 13.3. The van der Waals surface area contributed by atoms with Gasteiger partial charge in [-0.3, -0.25) is 4.79 Å². The summed E-state index contributed by atoms with van der Waals surface area (Å²) in [5.41, 5.74) is 6.23. The third kappa shape index (κ3) is 3.05. The lowest BCUT2D eigenvalue weighted by Gasteiger charge is -2.07. The maximum atomic E-state index is 13.3. The van der Waals surface area contributed by atoms with Gasteiger partial charge in [-0.25, -0.2) is 23.7 Å². The number of carbonyl (C=O) groups excluding carboxylic acids is 1. The van der Waals surface area contributed by atoms with Gasteiger partial charge >= 0.3 is 5.69 Å². The van der Waals surface area contributed by atoms with E-state index in [1.807, 2.05) is 30.5 Å². The summed E-state index contributed by atoms with van der Waals surface area (Å²) in [6.07, 6.45) is 1.96. The minimum atomic E-state index is -0.790. The Kier molecular flexibility index (Phi) is 4.44. The Morgan fingerprint density at radius 3 is 2.39 bits per heavy atom. The first kappa shape index (κ1) is 17.9. The second kappa shape index (κ2) is 6.93. The summed E-state index contributed by atoms with van der Waals surface area (Å²) in [6.45, 7) is 0. The van der Waals surface area contributed by atoms with E-state index < -0.39 is 17.4 Å². The van der Waals surface area contributed by atoms with E-state index in [1.54, 1.807) is 11.8 Å². The number of imidazole rings is 1. The van der Waals surface area contributed by atoms with Crippen molar-refractivity contribution in [3.8, 4) is 17.1 Å². The number of H-pyrrole nitrogens is 1. The zero-order chi connectivity index (χ0) is 19.8. The number of halogens is 1. The normalized spacial score (nSPS) is 11.1. The van der Waals surface area contributed by atoms with E-state index in [1.165, 1.54) is 28.8 Å². The summed E-state index contributed by atoms with van der Waals surface area (Å²) in [7, 11) is 0. The highest BCUT2D eigenvalue weighted by Gasteiger charge is 2.20. The molecule has 3 N–H and O–H groups in total. The second-order valence-corrected chi connectivity index (χ2v) is 6.81. The molecule has 0 aliphatic rings. The van der Waals surface area contributed by atoms with Crippen LogP contribution in [-0.2, 0) is 0 Å². The van der Waals surface area contributed by atoms with Crippen molar-refractivity contribution < 1.29 is 9.18 Å². The van der Waals surface area contributed by atoms with Gasteiger partial charge in [0.25, 0.3) is 5.91 Å². The minimum absolute atomic E-state index is 0.0908. The number of nitrogens with zero attached hydrogens (tertiary/aromatic N) is 3. The van der Waals surface area contributed by atoms with E-state index in [4.69, 9.17) is 5.73 Å². The predicted octanol–water partition coefficient (Wildman–Crippen LogP) is 2.74. The van der Waals surface area contributed by atoms with Crippen molar-refractivity contribution in [1.29, 1.82) is 0 Å². The van der Waals surface area contributed by atoms with E-state index in [2.05, 4.69) is 15.0 Å². The first-order valence-electron chi connectivity index (χ1n) is 8.21. The number of amides is 1. The lowest BCUT2D eigenvalue weighted by atomic mass is 10.2. The van der Waals surface area contributed by atoms with Crippen LogP contribution < -0.4 is 11.4 Å². The first-order valence-corrected chi connectivity index (χ1v) is 9.43. The Labute approximate surface area is 162 Å². The first-order chi connectivity index (χ1) is 13.5. The van der Waals surface area contributed by atoms with E-state index in [0.29, 0.717) is 11.3 Å². The van der Waals surface area contributed by atoms with Crippen LogP contribution in [0.1, 0.15) is 10.5 Å². The fourth-order valence-electron chi connectivity index (χ4n) is 2.86. The average Bonchev–Trinajstić information content (AvgIpc) is 3.03. The second-order valence-electron chi connectivity index (χ2n) is 5.93. The summed E-state index contributed by atoms with van der Waals surface area (Å²) >= 11 is 1.59. The van der Waals surface area contributed by atoms with Crippen molar-refractivity contribution in [1.82, 2.24) is 19.5 Å². The Bertz CT molecular complexity index is 1250. The van der Waals surface area contributed by atoms with Gasteiger partial charge in [0.15, 0.2) is 17.2 Å². The number of nitrogens with one attached hydrogen (secondary N) is 1. The molecule has 4 aromatic rings. The Hall–Kier alpha value is -3.46. The molecule has 0 radical (unpaired) electrons. The molecule has 140 valence electrons. The van der Waals surface area contributed by atoms with Crippen LogP contribution in [0.4, 0.5) is 4.39 Å². The van der Waals surface area contributed by atoms with Gasteiger partial charge in [-0.2, -0.15) is 0 Å². The van der Waals surface area contributed by atoms with Crippen LogP contribution in [0.2, 0.25) is 0 Å². The van der Waals surface area contributed by atoms with Crippen LogP contribution in [0.25, 0.3) is 28.2 Å². The molecule has 2 aromatic heterocycles. The SMILES string of the molecule is CSc1ccc(-c2nc(C(N)=O)c3[nH]c(=O)n(-c4ccc(F)cc4)c3n2)cc1. The van der Waals surface area contributed by atoms with Crippen molar-refractivity contribution in [2.24, 2.45) is 5.73 Å². The average molecular weight is 395 g/mol. The number of aromatic nitrogens is 4. The molecule has 0 aliphatic heterocycles. The number of fused-ring (bicyclic) bond motifs is 1. The van der Waals surface area contributed by atoms with Gasteiger partial charge in [0, 0.05) is 10.5 Å². The molecule has 28 heavy (non-hydrogen) atoms.